The summed E-state index contributed by atoms with van der Waals surface area (Å²) < 4.78 is 0. The van der Waals surface area contributed by atoms with Gasteiger partial charge in [-0.2, -0.15) is 0 Å². The van der Waals surface area contributed by atoms with Crippen LogP contribution in [0.4, 0.5) is 17.1 Å². The van der Waals surface area contributed by atoms with Crippen molar-refractivity contribution in [2.24, 2.45) is 0 Å². The van der Waals surface area contributed by atoms with Crippen LogP contribution >= 0.6 is 0 Å². The third kappa shape index (κ3) is 5.32. The quantitative estimate of drug-likeness (QED) is 0.167. The Hall–Kier alpha value is -6.44. The number of nitrogens with zero attached hydrogens (tertiary/aromatic N) is 1. The molecule has 0 saturated carbocycles. The van der Waals surface area contributed by atoms with E-state index in [0.29, 0.717) is 0 Å². The molecule has 0 radical (unpaired) electrons. The fraction of sp³-hybridized carbons (Fsp3) is 0. The zero-order valence-corrected chi connectivity index (χ0v) is 27.0. The van der Waals surface area contributed by atoms with E-state index in [1.807, 2.05) is 0 Å². The molecule has 0 heterocycles. The van der Waals surface area contributed by atoms with Crippen molar-refractivity contribution in [2.45, 2.75) is 0 Å². The highest BCUT2D eigenvalue weighted by Crippen LogP contribution is 2.41. The predicted molar refractivity (Wildman–Crippen MR) is 210 cm³/mol. The molecule has 0 aliphatic heterocycles. The number of benzene rings is 9. The van der Waals surface area contributed by atoms with E-state index in [0.717, 1.165) is 17.1 Å². The third-order valence-corrected chi connectivity index (χ3v) is 9.61. The van der Waals surface area contributed by atoms with Crippen LogP contribution in [0, 0.1) is 0 Å². The molecule has 0 amide bonds. The summed E-state index contributed by atoms with van der Waals surface area (Å²) in [6.07, 6.45) is 0. The maximum Gasteiger partial charge on any atom is 0.0467 e. The minimum absolute atomic E-state index is 1.11. The lowest BCUT2D eigenvalue weighted by Gasteiger charge is -2.26. The highest BCUT2D eigenvalue weighted by molar-refractivity contribution is 6.24. The Balaban J connectivity index is 1.16. The van der Waals surface area contributed by atoms with Gasteiger partial charge >= 0.3 is 0 Å². The second-order valence-corrected chi connectivity index (χ2v) is 12.6. The Morgan fingerprint density at radius 3 is 1.55 bits per heavy atom. The van der Waals surface area contributed by atoms with Gasteiger partial charge in [-0.15, -0.1) is 0 Å². The summed E-state index contributed by atoms with van der Waals surface area (Å²) in [5.41, 5.74) is 10.6. The highest BCUT2D eigenvalue weighted by atomic mass is 15.1. The van der Waals surface area contributed by atoms with Crippen LogP contribution in [-0.4, -0.2) is 0 Å². The lowest BCUT2D eigenvalue weighted by atomic mass is 9.91. The van der Waals surface area contributed by atoms with Crippen LogP contribution in [0.1, 0.15) is 0 Å². The molecule has 0 aliphatic rings. The van der Waals surface area contributed by atoms with E-state index in [9.17, 15) is 0 Å². The van der Waals surface area contributed by atoms with Gasteiger partial charge in [0.05, 0.1) is 0 Å². The molecule has 0 aromatic heterocycles. The van der Waals surface area contributed by atoms with Crippen molar-refractivity contribution in [3.63, 3.8) is 0 Å². The fourth-order valence-corrected chi connectivity index (χ4v) is 7.26. The monoisotopic (exact) mass is 623 g/mol. The summed E-state index contributed by atoms with van der Waals surface area (Å²) in [4.78, 5) is 2.35. The van der Waals surface area contributed by atoms with Crippen LogP contribution < -0.4 is 4.90 Å². The number of rotatable bonds is 6. The lowest BCUT2D eigenvalue weighted by molar-refractivity contribution is 1.28. The number of hydrogen-bond acceptors (Lipinski definition) is 1. The average Bonchev–Trinajstić information content (AvgIpc) is 3.19. The highest BCUT2D eigenvalue weighted by Gasteiger charge is 2.16. The van der Waals surface area contributed by atoms with Crippen molar-refractivity contribution in [2.75, 3.05) is 4.90 Å². The predicted octanol–water partition coefficient (Wildman–Crippen LogP) is 13.6. The van der Waals surface area contributed by atoms with E-state index < -0.39 is 0 Å². The average molecular weight is 624 g/mol. The Morgan fingerprint density at radius 2 is 0.776 bits per heavy atom. The van der Waals surface area contributed by atoms with Gasteiger partial charge in [0.15, 0.2) is 0 Å². The van der Waals surface area contributed by atoms with E-state index in [1.54, 1.807) is 0 Å². The van der Waals surface area contributed by atoms with Gasteiger partial charge in [-0.1, -0.05) is 158 Å². The Morgan fingerprint density at radius 1 is 0.265 bits per heavy atom. The lowest BCUT2D eigenvalue weighted by Crippen LogP contribution is -2.09. The largest absolute Gasteiger partial charge is 0.310 e. The van der Waals surface area contributed by atoms with Gasteiger partial charge in [0.25, 0.3) is 0 Å². The summed E-state index contributed by atoms with van der Waals surface area (Å²) in [6.45, 7) is 0. The Bertz CT molecular complexity index is 2580. The summed E-state index contributed by atoms with van der Waals surface area (Å²) in [5, 5.41) is 7.66. The summed E-state index contributed by atoms with van der Waals surface area (Å²) in [6, 6.07) is 72.4. The zero-order chi connectivity index (χ0) is 32.6. The van der Waals surface area contributed by atoms with Gasteiger partial charge in [-0.05, 0) is 108 Å². The van der Waals surface area contributed by atoms with Crippen LogP contribution in [-0.2, 0) is 0 Å². The van der Waals surface area contributed by atoms with Crippen LogP contribution in [0.5, 0.6) is 0 Å². The number of fused-ring (bicyclic) bond motifs is 5. The maximum absolute atomic E-state index is 2.35. The molecule has 1 nitrogen and oxygen atoms in total. The van der Waals surface area contributed by atoms with Gasteiger partial charge in [0.2, 0.25) is 0 Å². The number of hydrogen-bond donors (Lipinski definition) is 0. The molecule has 9 aromatic carbocycles. The molecule has 0 saturated heterocycles. The van der Waals surface area contributed by atoms with E-state index in [-0.39, 0.29) is 0 Å². The molecule has 0 spiro atoms. The van der Waals surface area contributed by atoms with Gasteiger partial charge in [0.1, 0.15) is 0 Å². The topological polar surface area (TPSA) is 3.24 Å². The van der Waals surface area contributed by atoms with E-state index in [1.165, 1.54) is 65.7 Å². The Labute approximate surface area is 287 Å². The van der Waals surface area contributed by atoms with Crippen LogP contribution in [0.25, 0.3) is 65.7 Å². The smallest absolute Gasteiger partial charge is 0.0467 e. The second-order valence-electron chi connectivity index (χ2n) is 12.6. The molecule has 1 heteroatoms. The molecule has 0 fully saturated rings. The van der Waals surface area contributed by atoms with Crippen molar-refractivity contribution >= 4 is 49.4 Å². The number of para-hydroxylation sites is 1. The zero-order valence-electron chi connectivity index (χ0n) is 27.0. The maximum atomic E-state index is 2.35. The summed E-state index contributed by atoms with van der Waals surface area (Å²) in [7, 11) is 0. The minimum atomic E-state index is 1.11. The molecule has 9 aromatic rings. The number of anilines is 3. The molecule has 9 rings (SSSR count). The Kier molecular flexibility index (Phi) is 7.22. The molecule has 0 bridgehead atoms. The van der Waals surface area contributed by atoms with E-state index in [2.05, 4.69) is 205 Å². The first-order valence-electron chi connectivity index (χ1n) is 16.8. The van der Waals surface area contributed by atoms with Crippen molar-refractivity contribution in [3.05, 3.63) is 200 Å². The van der Waals surface area contributed by atoms with Crippen molar-refractivity contribution < 1.29 is 0 Å². The van der Waals surface area contributed by atoms with Gasteiger partial charge in [0, 0.05) is 17.1 Å². The van der Waals surface area contributed by atoms with Crippen LogP contribution in [0.2, 0.25) is 0 Å². The van der Waals surface area contributed by atoms with E-state index in [4.69, 9.17) is 0 Å². The fourth-order valence-electron chi connectivity index (χ4n) is 7.26. The molecule has 0 atom stereocenters. The SMILES string of the molecule is c1ccc(-c2cccc(-c3ccc(N(c4ccccc4)c4cccc(-c5cccc6ccc7ccc8ccccc8c7c56)c4)cc3)c2)cc1. The molecule has 0 unspecified atom stereocenters. The van der Waals surface area contributed by atoms with Gasteiger partial charge < -0.3 is 4.90 Å². The van der Waals surface area contributed by atoms with Crippen LogP contribution in [0.15, 0.2) is 200 Å². The molecule has 0 N–H and O–H groups in total. The normalized spacial score (nSPS) is 11.3. The molecular formula is C48H33N. The first-order chi connectivity index (χ1) is 24.3. The van der Waals surface area contributed by atoms with Crippen molar-refractivity contribution in [3.8, 4) is 33.4 Å². The van der Waals surface area contributed by atoms with Gasteiger partial charge in [-0.25, -0.2) is 0 Å². The van der Waals surface area contributed by atoms with Crippen LogP contribution in [0.3, 0.4) is 0 Å². The summed E-state index contributed by atoms with van der Waals surface area (Å²) in [5.74, 6) is 0. The minimum Gasteiger partial charge on any atom is -0.310 e. The molecule has 230 valence electrons. The molecule has 0 aliphatic carbocycles. The second kappa shape index (κ2) is 12.3. The third-order valence-electron chi connectivity index (χ3n) is 9.61. The molecular weight excluding hydrogens is 591 g/mol. The summed E-state index contributed by atoms with van der Waals surface area (Å²) >= 11 is 0. The van der Waals surface area contributed by atoms with Gasteiger partial charge in [-0.3, -0.25) is 0 Å². The molecule has 49 heavy (non-hydrogen) atoms. The first kappa shape index (κ1) is 28.8. The standard InChI is InChI=1S/C48H33N/c1-3-12-34(13-4-1)39-16-9-17-40(32-39)35-28-30-43(31-29-35)49(42-19-5-2-6-20-42)44-21-10-18-41(33-44)46-23-11-15-37-26-27-38-25-24-36-14-7-8-22-45(36)48(38)47(37)46/h1-33H. The van der Waals surface area contributed by atoms with Crippen molar-refractivity contribution in [1.29, 1.82) is 0 Å². The first-order valence-corrected chi connectivity index (χ1v) is 16.8. The van der Waals surface area contributed by atoms with E-state index >= 15 is 0 Å². The van der Waals surface area contributed by atoms with Crippen molar-refractivity contribution in [1.82, 2.24) is 0 Å².